The zero-order chi connectivity index (χ0) is 19.5. The van der Waals surface area contributed by atoms with Gasteiger partial charge in [-0.15, -0.1) is 0 Å². The fraction of sp³-hybridized carbons (Fsp3) is 0.278. The predicted molar refractivity (Wildman–Crippen MR) is 97.9 cm³/mol. The molecule has 0 aliphatic carbocycles. The lowest BCUT2D eigenvalue weighted by molar-refractivity contribution is 0.0742. The zero-order valence-corrected chi connectivity index (χ0v) is 15.9. The Bertz CT molecular complexity index is 872. The van der Waals surface area contributed by atoms with Crippen molar-refractivity contribution >= 4 is 15.9 Å². The van der Waals surface area contributed by atoms with Gasteiger partial charge in [0.2, 0.25) is 10.0 Å². The van der Waals surface area contributed by atoms with Crippen molar-refractivity contribution in [3.05, 3.63) is 53.6 Å². The highest BCUT2D eigenvalue weighted by Crippen LogP contribution is 2.26. The number of primary sulfonamides is 1. The second-order valence-corrected chi connectivity index (χ2v) is 7.37. The third kappa shape index (κ3) is 4.33. The highest BCUT2D eigenvalue weighted by atomic mass is 32.2. The molecule has 0 aliphatic rings. The molecular formula is C18H22N2O5S. The van der Waals surface area contributed by atoms with Crippen molar-refractivity contribution in [2.24, 2.45) is 5.14 Å². The Morgan fingerprint density at radius 1 is 1.04 bits per heavy atom. The van der Waals surface area contributed by atoms with Gasteiger partial charge in [-0.25, -0.2) is 13.6 Å². The maximum absolute atomic E-state index is 12.8. The van der Waals surface area contributed by atoms with Gasteiger partial charge in [0.05, 0.1) is 25.2 Å². The second-order valence-electron chi connectivity index (χ2n) is 5.81. The van der Waals surface area contributed by atoms with Gasteiger partial charge >= 0.3 is 0 Å². The minimum Gasteiger partial charge on any atom is -0.497 e. The van der Waals surface area contributed by atoms with E-state index in [1.807, 2.05) is 6.92 Å². The average Bonchev–Trinajstić information content (AvgIpc) is 2.65. The van der Waals surface area contributed by atoms with Crippen molar-refractivity contribution in [2.75, 3.05) is 21.3 Å². The van der Waals surface area contributed by atoms with Gasteiger partial charge in [-0.05, 0) is 36.8 Å². The topological polar surface area (TPSA) is 98.9 Å². The number of carbonyl (C=O) groups excluding carboxylic acids is 1. The van der Waals surface area contributed by atoms with Gasteiger partial charge in [-0.3, -0.25) is 4.79 Å². The maximum atomic E-state index is 12.8. The number of carbonyl (C=O) groups is 1. The first-order chi connectivity index (χ1) is 12.2. The first-order valence-electron chi connectivity index (χ1n) is 7.80. The number of hydrogen-bond acceptors (Lipinski definition) is 5. The highest BCUT2D eigenvalue weighted by Gasteiger charge is 2.21. The van der Waals surface area contributed by atoms with E-state index in [1.54, 1.807) is 42.3 Å². The molecule has 7 nitrogen and oxygen atoms in total. The Hall–Kier alpha value is -2.58. The van der Waals surface area contributed by atoms with Crippen LogP contribution in [0.4, 0.5) is 0 Å². The van der Waals surface area contributed by atoms with E-state index in [2.05, 4.69) is 0 Å². The Morgan fingerprint density at radius 3 is 1.96 bits per heavy atom. The molecule has 0 saturated carbocycles. The number of ether oxygens (including phenoxy) is 2. The monoisotopic (exact) mass is 378 g/mol. The summed E-state index contributed by atoms with van der Waals surface area (Å²) in [6, 6.07) is 10.8. The van der Waals surface area contributed by atoms with Crippen LogP contribution in [0, 0.1) is 0 Å². The summed E-state index contributed by atoms with van der Waals surface area (Å²) < 4.78 is 33.1. The molecule has 0 heterocycles. The predicted octanol–water partition coefficient (Wildman–Crippen LogP) is 2.18. The van der Waals surface area contributed by atoms with E-state index in [0.717, 1.165) is 5.56 Å². The van der Waals surface area contributed by atoms with Crippen molar-refractivity contribution in [1.82, 2.24) is 4.90 Å². The summed E-state index contributed by atoms with van der Waals surface area (Å²) >= 11 is 0. The number of rotatable bonds is 6. The van der Waals surface area contributed by atoms with E-state index in [0.29, 0.717) is 17.1 Å². The molecule has 2 aromatic rings. The third-order valence-electron chi connectivity index (χ3n) is 4.19. The van der Waals surface area contributed by atoms with Crippen LogP contribution in [0.1, 0.15) is 28.9 Å². The summed E-state index contributed by atoms with van der Waals surface area (Å²) in [5.41, 5.74) is 1.21. The molecule has 0 unspecified atom stereocenters. The first kappa shape index (κ1) is 19.7. The normalized spacial score (nSPS) is 12.3. The van der Waals surface area contributed by atoms with Crippen molar-refractivity contribution in [1.29, 1.82) is 0 Å². The van der Waals surface area contributed by atoms with E-state index >= 15 is 0 Å². The highest BCUT2D eigenvalue weighted by molar-refractivity contribution is 7.89. The summed E-state index contributed by atoms with van der Waals surface area (Å²) in [5.74, 6) is 0.822. The first-order valence-corrected chi connectivity index (χ1v) is 9.35. The zero-order valence-electron chi connectivity index (χ0n) is 15.1. The quantitative estimate of drug-likeness (QED) is 0.831. The number of nitrogens with zero attached hydrogens (tertiary/aromatic N) is 1. The molecule has 1 atom stereocenters. The summed E-state index contributed by atoms with van der Waals surface area (Å²) in [6.45, 7) is 1.85. The number of benzene rings is 2. The molecule has 26 heavy (non-hydrogen) atoms. The van der Waals surface area contributed by atoms with Gasteiger partial charge in [0.25, 0.3) is 5.91 Å². The summed E-state index contributed by atoms with van der Waals surface area (Å²) in [6.07, 6.45) is 0. The average molecular weight is 378 g/mol. The van der Waals surface area contributed by atoms with Gasteiger partial charge in [-0.2, -0.15) is 0 Å². The van der Waals surface area contributed by atoms with Gasteiger partial charge in [0, 0.05) is 18.7 Å². The Morgan fingerprint density at radius 2 is 1.54 bits per heavy atom. The molecule has 1 amide bonds. The van der Waals surface area contributed by atoms with Crippen LogP contribution in [0.15, 0.2) is 47.4 Å². The number of nitrogens with two attached hydrogens (primary N) is 1. The molecule has 0 aliphatic heterocycles. The lowest BCUT2D eigenvalue weighted by Crippen LogP contribution is -2.29. The molecule has 0 spiro atoms. The smallest absolute Gasteiger partial charge is 0.254 e. The largest absolute Gasteiger partial charge is 0.497 e. The molecule has 2 aromatic carbocycles. The van der Waals surface area contributed by atoms with Gasteiger partial charge in [0.15, 0.2) is 0 Å². The molecular weight excluding hydrogens is 356 g/mol. The number of sulfonamides is 1. The molecule has 0 bridgehead atoms. The van der Waals surface area contributed by atoms with Crippen LogP contribution < -0.4 is 14.6 Å². The number of methoxy groups -OCH3 is 2. The molecule has 2 N–H and O–H groups in total. The SMILES string of the molecule is COc1cc(OC)cc(C(=O)N(C)[C@H](C)c2ccc(S(N)(=O)=O)cc2)c1. The van der Waals surface area contributed by atoms with Crippen LogP contribution in [-0.4, -0.2) is 40.5 Å². The van der Waals surface area contributed by atoms with Gasteiger partial charge in [0.1, 0.15) is 11.5 Å². The number of amides is 1. The van der Waals surface area contributed by atoms with E-state index < -0.39 is 10.0 Å². The Balaban J connectivity index is 2.27. The van der Waals surface area contributed by atoms with E-state index in [4.69, 9.17) is 14.6 Å². The fourth-order valence-electron chi connectivity index (χ4n) is 2.47. The molecule has 0 fully saturated rings. The van der Waals surface area contributed by atoms with Crippen LogP contribution in [-0.2, 0) is 10.0 Å². The molecule has 0 radical (unpaired) electrons. The van der Waals surface area contributed by atoms with Crippen LogP contribution in [0.2, 0.25) is 0 Å². The van der Waals surface area contributed by atoms with E-state index in [9.17, 15) is 13.2 Å². The number of hydrogen-bond donors (Lipinski definition) is 1. The van der Waals surface area contributed by atoms with Crippen molar-refractivity contribution < 1.29 is 22.7 Å². The molecule has 2 rings (SSSR count). The maximum Gasteiger partial charge on any atom is 0.254 e. The van der Waals surface area contributed by atoms with E-state index in [1.165, 1.54) is 26.4 Å². The second kappa shape index (κ2) is 7.76. The van der Waals surface area contributed by atoms with E-state index in [-0.39, 0.29) is 16.8 Å². The van der Waals surface area contributed by atoms with Crippen LogP contribution >= 0.6 is 0 Å². The van der Waals surface area contributed by atoms with Gasteiger partial charge < -0.3 is 14.4 Å². The van der Waals surface area contributed by atoms with Crippen molar-refractivity contribution in [2.45, 2.75) is 17.9 Å². The lowest BCUT2D eigenvalue weighted by atomic mass is 10.1. The Kier molecular flexibility index (Phi) is 5.89. The summed E-state index contributed by atoms with van der Waals surface area (Å²) in [5, 5.41) is 5.11. The van der Waals surface area contributed by atoms with Crippen LogP contribution in [0.25, 0.3) is 0 Å². The minimum atomic E-state index is -3.75. The standard InChI is InChI=1S/C18H22N2O5S/c1-12(13-5-7-17(8-6-13)26(19,22)23)20(2)18(21)14-9-15(24-3)11-16(10-14)25-4/h5-12H,1-4H3,(H2,19,22,23)/t12-/m1/s1. The Labute approximate surface area is 153 Å². The molecule has 8 heteroatoms. The minimum absolute atomic E-state index is 0.0277. The van der Waals surface area contributed by atoms with Crippen LogP contribution in [0.3, 0.4) is 0 Å². The summed E-state index contributed by atoms with van der Waals surface area (Å²) in [7, 11) is 0.957. The van der Waals surface area contributed by atoms with Crippen molar-refractivity contribution in [3.8, 4) is 11.5 Å². The molecule has 140 valence electrons. The van der Waals surface area contributed by atoms with Crippen LogP contribution in [0.5, 0.6) is 11.5 Å². The third-order valence-corrected chi connectivity index (χ3v) is 5.12. The van der Waals surface area contributed by atoms with Crippen molar-refractivity contribution in [3.63, 3.8) is 0 Å². The molecule has 0 saturated heterocycles. The summed E-state index contributed by atoms with van der Waals surface area (Å²) in [4.78, 5) is 14.4. The van der Waals surface area contributed by atoms with Gasteiger partial charge in [-0.1, -0.05) is 12.1 Å². The fourth-order valence-corrected chi connectivity index (χ4v) is 2.99. The lowest BCUT2D eigenvalue weighted by Gasteiger charge is -2.26. The molecule has 0 aromatic heterocycles.